The predicted octanol–water partition coefficient (Wildman–Crippen LogP) is 3.13. The van der Waals surface area contributed by atoms with E-state index in [-0.39, 0.29) is 12.1 Å². The van der Waals surface area contributed by atoms with E-state index in [4.69, 9.17) is 0 Å². The third-order valence-corrected chi connectivity index (χ3v) is 5.58. The van der Waals surface area contributed by atoms with Crippen molar-refractivity contribution in [2.75, 3.05) is 26.2 Å². The smallest absolute Gasteiger partial charge is 0.317 e. The van der Waals surface area contributed by atoms with E-state index in [1.54, 1.807) is 11.3 Å². The molecule has 1 aliphatic heterocycles. The fourth-order valence-electron chi connectivity index (χ4n) is 3.34. The second kappa shape index (κ2) is 8.60. The molecule has 2 aromatic heterocycles. The highest BCUT2D eigenvalue weighted by atomic mass is 32.1. The lowest BCUT2D eigenvalue weighted by molar-refractivity contribution is 0.194. The van der Waals surface area contributed by atoms with Gasteiger partial charge in [-0.3, -0.25) is 9.88 Å². The maximum atomic E-state index is 12.7. The van der Waals surface area contributed by atoms with Gasteiger partial charge in [0.1, 0.15) is 0 Å². The number of carbonyl (C=O) groups excluding carboxylic acids is 1. The zero-order valence-corrected chi connectivity index (χ0v) is 16.6. The van der Waals surface area contributed by atoms with E-state index < -0.39 is 0 Å². The number of pyridine rings is 1. The van der Waals surface area contributed by atoms with Crippen molar-refractivity contribution in [3.63, 3.8) is 0 Å². The Hall–Kier alpha value is -1.99. The summed E-state index contributed by atoms with van der Waals surface area (Å²) < 4.78 is 0. The number of nitrogens with zero attached hydrogens (tertiary/aromatic N) is 4. The Balaban J connectivity index is 1.53. The first-order chi connectivity index (χ1) is 12.5. The SMILES string of the molecule is Cc1nc(C(C)NC(=O)N2CCCN(Cc3ccccn3)CC2)c(C)s1. The molecule has 0 aliphatic carbocycles. The van der Waals surface area contributed by atoms with Crippen LogP contribution in [0.25, 0.3) is 0 Å². The molecule has 0 radical (unpaired) electrons. The zero-order chi connectivity index (χ0) is 18.5. The first-order valence-electron chi connectivity index (χ1n) is 9.14. The summed E-state index contributed by atoms with van der Waals surface area (Å²) in [5.41, 5.74) is 2.06. The third-order valence-electron chi connectivity index (χ3n) is 4.68. The number of aryl methyl sites for hydroxylation is 2. The van der Waals surface area contributed by atoms with Crippen molar-refractivity contribution in [1.29, 1.82) is 0 Å². The largest absolute Gasteiger partial charge is 0.330 e. The summed E-state index contributed by atoms with van der Waals surface area (Å²) >= 11 is 1.68. The number of amides is 2. The molecule has 7 heteroatoms. The number of nitrogens with one attached hydrogen (secondary N) is 1. The molecular weight excluding hydrogens is 346 g/mol. The number of urea groups is 1. The molecule has 1 unspecified atom stereocenters. The third kappa shape index (κ3) is 4.80. The normalized spacial score (nSPS) is 17.0. The molecule has 0 aromatic carbocycles. The minimum atomic E-state index is -0.0691. The summed E-state index contributed by atoms with van der Waals surface area (Å²) in [5, 5.41) is 4.15. The number of hydrogen-bond acceptors (Lipinski definition) is 5. The average Bonchev–Trinajstić information content (AvgIpc) is 2.81. The summed E-state index contributed by atoms with van der Waals surface area (Å²) in [6.07, 6.45) is 2.81. The average molecular weight is 374 g/mol. The van der Waals surface area contributed by atoms with Gasteiger partial charge in [0.05, 0.1) is 22.4 Å². The second-order valence-corrected chi connectivity index (χ2v) is 8.19. The van der Waals surface area contributed by atoms with Crippen molar-refractivity contribution < 1.29 is 4.79 Å². The molecule has 1 N–H and O–H groups in total. The fourth-order valence-corrected chi connectivity index (χ4v) is 4.26. The van der Waals surface area contributed by atoms with Gasteiger partial charge in [-0.2, -0.15) is 0 Å². The van der Waals surface area contributed by atoms with E-state index in [0.29, 0.717) is 0 Å². The minimum Gasteiger partial charge on any atom is -0.330 e. The van der Waals surface area contributed by atoms with Crippen LogP contribution >= 0.6 is 11.3 Å². The molecular formula is C19H27N5OS. The van der Waals surface area contributed by atoms with Crippen LogP contribution in [-0.4, -0.2) is 52.0 Å². The predicted molar refractivity (Wildman–Crippen MR) is 104 cm³/mol. The summed E-state index contributed by atoms with van der Waals surface area (Å²) in [4.78, 5) is 27.1. The van der Waals surface area contributed by atoms with Crippen LogP contribution in [0.1, 0.15) is 40.7 Å². The van der Waals surface area contributed by atoms with Gasteiger partial charge in [-0.1, -0.05) is 6.07 Å². The van der Waals surface area contributed by atoms with E-state index in [1.165, 1.54) is 4.88 Å². The first kappa shape index (κ1) is 18.8. The molecule has 1 fully saturated rings. The van der Waals surface area contributed by atoms with Crippen molar-refractivity contribution in [3.8, 4) is 0 Å². The molecule has 1 saturated heterocycles. The maximum absolute atomic E-state index is 12.7. The van der Waals surface area contributed by atoms with Crippen LogP contribution in [0.2, 0.25) is 0 Å². The molecule has 0 saturated carbocycles. The van der Waals surface area contributed by atoms with E-state index in [0.717, 1.165) is 55.5 Å². The van der Waals surface area contributed by atoms with Gasteiger partial charge in [0.15, 0.2) is 0 Å². The zero-order valence-electron chi connectivity index (χ0n) is 15.7. The monoisotopic (exact) mass is 373 g/mol. The molecule has 26 heavy (non-hydrogen) atoms. The number of aromatic nitrogens is 2. The number of thiazole rings is 1. The van der Waals surface area contributed by atoms with E-state index in [9.17, 15) is 4.79 Å². The number of hydrogen-bond donors (Lipinski definition) is 1. The first-order valence-corrected chi connectivity index (χ1v) is 9.96. The Labute approximate surface area is 159 Å². The molecule has 1 atom stereocenters. The second-order valence-electron chi connectivity index (χ2n) is 6.78. The van der Waals surface area contributed by atoms with Gasteiger partial charge in [0, 0.05) is 43.8 Å². The molecule has 0 spiro atoms. The van der Waals surface area contributed by atoms with Crippen molar-refractivity contribution >= 4 is 17.4 Å². The van der Waals surface area contributed by atoms with Gasteiger partial charge in [-0.25, -0.2) is 9.78 Å². The molecule has 0 bridgehead atoms. The Bertz CT molecular complexity index is 733. The van der Waals surface area contributed by atoms with E-state index in [1.807, 2.05) is 37.1 Å². The molecule has 2 amide bonds. The Morgan fingerprint density at radius 3 is 2.81 bits per heavy atom. The van der Waals surface area contributed by atoms with Crippen LogP contribution in [0.4, 0.5) is 4.79 Å². The van der Waals surface area contributed by atoms with Crippen LogP contribution in [0.3, 0.4) is 0 Å². The fraction of sp³-hybridized carbons (Fsp3) is 0.526. The van der Waals surface area contributed by atoms with Gasteiger partial charge < -0.3 is 10.2 Å². The standard InChI is InChI=1S/C19H27N5OS/c1-14(18-15(2)26-16(3)22-18)21-19(25)24-10-6-9-23(11-12-24)13-17-7-4-5-8-20-17/h4-5,7-8,14H,6,9-13H2,1-3H3,(H,21,25). The minimum absolute atomic E-state index is 0.00207. The summed E-state index contributed by atoms with van der Waals surface area (Å²) in [7, 11) is 0. The van der Waals surface area contributed by atoms with Crippen molar-refractivity contribution in [2.45, 2.75) is 39.8 Å². The lowest BCUT2D eigenvalue weighted by Crippen LogP contribution is -2.43. The van der Waals surface area contributed by atoms with Gasteiger partial charge in [0.2, 0.25) is 0 Å². The van der Waals surface area contributed by atoms with Crippen molar-refractivity contribution in [2.24, 2.45) is 0 Å². The van der Waals surface area contributed by atoms with Crippen LogP contribution in [0, 0.1) is 13.8 Å². The van der Waals surface area contributed by atoms with Crippen LogP contribution in [-0.2, 0) is 6.54 Å². The molecule has 3 rings (SSSR count). The van der Waals surface area contributed by atoms with Gasteiger partial charge >= 0.3 is 6.03 Å². The molecule has 140 valence electrons. The van der Waals surface area contributed by atoms with Crippen molar-refractivity contribution in [3.05, 3.63) is 45.7 Å². The van der Waals surface area contributed by atoms with E-state index >= 15 is 0 Å². The lowest BCUT2D eigenvalue weighted by atomic mass is 10.2. The summed E-state index contributed by atoms with van der Waals surface area (Å²) in [6.45, 7) is 10.3. The van der Waals surface area contributed by atoms with Crippen LogP contribution < -0.4 is 5.32 Å². The van der Waals surface area contributed by atoms with Gasteiger partial charge in [-0.05, 0) is 39.3 Å². The summed E-state index contributed by atoms with van der Waals surface area (Å²) in [6, 6.07) is 5.94. The Kier molecular flexibility index (Phi) is 6.21. The molecule has 1 aliphatic rings. The van der Waals surface area contributed by atoms with Crippen LogP contribution in [0.5, 0.6) is 0 Å². The Morgan fingerprint density at radius 2 is 2.12 bits per heavy atom. The molecule has 6 nitrogen and oxygen atoms in total. The lowest BCUT2D eigenvalue weighted by Gasteiger charge is -2.24. The molecule has 2 aromatic rings. The summed E-state index contributed by atoms with van der Waals surface area (Å²) in [5.74, 6) is 0. The van der Waals surface area contributed by atoms with Gasteiger partial charge in [-0.15, -0.1) is 11.3 Å². The maximum Gasteiger partial charge on any atom is 0.317 e. The number of carbonyl (C=O) groups is 1. The Morgan fingerprint density at radius 1 is 1.27 bits per heavy atom. The highest BCUT2D eigenvalue weighted by molar-refractivity contribution is 7.11. The highest BCUT2D eigenvalue weighted by Crippen LogP contribution is 2.22. The highest BCUT2D eigenvalue weighted by Gasteiger charge is 2.22. The topological polar surface area (TPSA) is 61.4 Å². The number of rotatable bonds is 4. The molecule has 3 heterocycles. The quantitative estimate of drug-likeness (QED) is 0.894. The van der Waals surface area contributed by atoms with Gasteiger partial charge in [0.25, 0.3) is 0 Å². The van der Waals surface area contributed by atoms with E-state index in [2.05, 4.69) is 33.2 Å². The van der Waals surface area contributed by atoms with Crippen molar-refractivity contribution in [1.82, 2.24) is 25.1 Å². The van der Waals surface area contributed by atoms with Crippen LogP contribution in [0.15, 0.2) is 24.4 Å².